The van der Waals surface area contributed by atoms with Gasteiger partial charge >= 0.3 is 16.4 Å². The number of nitrogens with zero attached hydrogens (tertiary/aromatic N) is 2. The van der Waals surface area contributed by atoms with Gasteiger partial charge in [-0.1, -0.05) is 0 Å². The molecule has 0 unspecified atom stereocenters. The van der Waals surface area contributed by atoms with Crippen LogP contribution in [0.4, 0.5) is 0 Å². The highest BCUT2D eigenvalue weighted by atomic mass is 32.3. The van der Waals surface area contributed by atoms with E-state index in [1.54, 1.807) is 7.05 Å². The van der Waals surface area contributed by atoms with Crippen molar-refractivity contribution in [3.8, 4) is 0 Å². The lowest BCUT2D eigenvalue weighted by molar-refractivity contribution is 0.181. The van der Waals surface area contributed by atoms with Gasteiger partial charge in [-0.15, -0.1) is 0 Å². The lowest BCUT2D eigenvalue weighted by Gasteiger charge is -2.12. The quantitative estimate of drug-likeness (QED) is 0.499. The predicted octanol–water partition coefficient (Wildman–Crippen LogP) is -0.915. The molecule has 0 saturated carbocycles. The largest absolute Gasteiger partial charge is 0.471 e. The number of amidine groups is 1. The first-order valence-corrected chi connectivity index (χ1v) is 4.29. The van der Waals surface area contributed by atoms with Crippen LogP contribution in [0.5, 0.6) is 0 Å². The minimum absolute atomic E-state index is 0.0380. The molecule has 0 aromatic rings. The van der Waals surface area contributed by atoms with Crippen LogP contribution >= 0.6 is 0 Å². The molecule has 0 aromatic heterocycles. The molecule has 0 fully saturated rings. The second-order valence-corrected chi connectivity index (χ2v) is 3.21. The molecule has 0 atom stereocenters. The van der Waals surface area contributed by atoms with Gasteiger partial charge in [0.25, 0.3) is 0 Å². The summed E-state index contributed by atoms with van der Waals surface area (Å²) in [6.07, 6.45) is 0. The van der Waals surface area contributed by atoms with E-state index < -0.39 is 10.4 Å². The van der Waals surface area contributed by atoms with Crippen molar-refractivity contribution in [3.05, 3.63) is 0 Å². The van der Waals surface area contributed by atoms with Crippen LogP contribution in [0.15, 0.2) is 5.16 Å². The lowest BCUT2D eigenvalue weighted by Crippen LogP contribution is -2.29. The molecule has 0 aliphatic carbocycles. The van der Waals surface area contributed by atoms with Gasteiger partial charge in [0.15, 0.2) is 0 Å². The van der Waals surface area contributed by atoms with Crippen LogP contribution in [0.25, 0.3) is 0 Å². The fraction of sp³-hybridized carbons (Fsp3) is 0.750. The normalized spacial score (nSPS) is 22.2. The zero-order chi connectivity index (χ0) is 9.19. The number of hydrogen-bond acceptors (Lipinski definition) is 7. The monoisotopic (exact) mass is 196 g/mol. The highest BCUT2D eigenvalue weighted by Gasteiger charge is 2.21. The molecule has 0 bridgehead atoms. The molecular formula is C4H8N2O5S. The first kappa shape index (κ1) is 9.07. The fourth-order valence-electron chi connectivity index (χ4n) is 0.561. The van der Waals surface area contributed by atoms with Crippen LogP contribution in [-0.2, 0) is 23.6 Å². The van der Waals surface area contributed by atoms with Crippen molar-refractivity contribution in [3.63, 3.8) is 0 Å². The summed E-state index contributed by atoms with van der Waals surface area (Å²) in [5, 5.41) is 3.18. The van der Waals surface area contributed by atoms with Gasteiger partial charge in [-0.3, -0.25) is 0 Å². The highest BCUT2D eigenvalue weighted by Crippen LogP contribution is 2.04. The minimum atomic E-state index is -4.00. The van der Waals surface area contributed by atoms with Crippen molar-refractivity contribution in [1.29, 1.82) is 0 Å². The first-order chi connectivity index (χ1) is 5.55. The molecule has 1 rings (SSSR count). The van der Waals surface area contributed by atoms with E-state index in [9.17, 15) is 8.42 Å². The molecule has 1 aliphatic rings. The van der Waals surface area contributed by atoms with Gasteiger partial charge in [0.05, 0.1) is 7.11 Å². The van der Waals surface area contributed by atoms with Gasteiger partial charge in [0.2, 0.25) is 0 Å². The number of rotatable bonds is 0. The third kappa shape index (κ3) is 1.98. The number of hydrogen-bond donors (Lipinski definition) is 0. The number of methoxy groups -OCH3 is 1. The smallest absolute Gasteiger partial charge is 0.466 e. The Bertz CT molecular complexity index is 284. The Labute approximate surface area is 69.8 Å². The molecule has 0 spiro atoms. The summed E-state index contributed by atoms with van der Waals surface area (Å²) in [5.74, 6) is 0. The van der Waals surface area contributed by atoms with Crippen molar-refractivity contribution in [1.82, 2.24) is 4.90 Å². The summed E-state index contributed by atoms with van der Waals surface area (Å²) in [4.78, 5) is 1.34. The summed E-state index contributed by atoms with van der Waals surface area (Å²) in [6, 6.07) is 0.0380. The lowest BCUT2D eigenvalue weighted by atomic mass is 10.8. The fourth-order valence-corrected chi connectivity index (χ4v) is 1.05. The maximum atomic E-state index is 10.6. The third-order valence-corrected chi connectivity index (χ3v) is 1.76. The van der Waals surface area contributed by atoms with E-state index in [4.69, 9.17) is 0 Å². The molecule has 1 aliphatic heterocycles. The van der Waals surface area contributed by atoms with E-state index >= 15 is 0 Å². The SMILES string of the molecule is COC1=NOS(=O)(=O)OCN1C. The maximum Gasteiger partial charge on any atom is 0.471 e. The average molecular weight is 196 g/mol. The van der Waals surface area contributed by atoms with Crippen molar-refractivity contribution in [2.75, 3.05) is 20.9 Å². The summed E-state index contributed by atoms with van der Waals surface area (Å²) >= 11 is 0. The van der Waals surface area contributed by atoms with E-state index in [-0.39, 0.29) is 12.8 Å². The number of oxime groups is 1. The van der Waals surface area contributed by atoms with Gasteiger partial charge in [0, 0.05) is 7.05 Å². The molecule has 7 nitrogen and oxygen atoms in total. The first-order valence-electron chi connectivity index (χ1n) is 2.96. The molecular weight excluding hydrogens is 188 g/mol. The van der Waals surface area contributed by atoms with E-state index in [1.807, 2.05) is 0 Å². The molecule has 0 amide bonds. The van der Waals surface area contributed by atoms with Gasteiger partial charge in [-0.25, -0.2) is 8.47 Å². The summed E-state index contributed by atoms with van der Waals surface area (Å²) in [6.45, 7) is -0.186. The Morgan fingerprint density at radius 2 is 2.33 bits per heavy atom. The second kappa shape index (κ2) is 3.15. The van der Waals surface area contributed by atoms with Crippen LogP contribution in [-0.4, -0.2) is 40.2 Å². The highest BCUT2D eigenvalue weighted by molar-refractivity contribution is 7.81. The summed E-state index contributed by atoms with van der Waals surface area (Å²) in [7, 11) is -1.11. The third-order valence-electron chi connectivity index (χ3n) is 1.11. The Hall–Kier alpha value is -1.02. The van der Waals surface area contributed by atoms with E-state index in [0.717, 1.165) is 0 Å². The zero-order valence-electron chi connectivity index (χ0n) is 6.55. The Morgan fingerprint density at radius 3 is 2.92 bits per heavy atom. The van der Waals surface area contributed by atoms with Crippen LogP contribution in [0, 0.1) is 0 Å². The summed E-state index contributed by atoms with van der Waals surface area (Å²) in [5.41, 5.74) is 0. The van der Waals surface area contributed by atoms with Crippen molar-refractivity contribution in [2.24, 2.45) is 5.16 Å². The predicted molar refractivity (Wildman–Crippen MR) is 38.2 cm³/mol. The standard InChI is InChI=1S/C4H8N2O5S/c1-6-3-10-12(7,8)11-5-4(6)9-2/h3H2,1-2H3. The topological polar surface area (TPSA) is 77.4 Å². The maximum absolute atomic E-state index is 10.6. The van der Waals surface area contributed by atoms with Gasteiger partial charge in [-0.2, -0.15) is 8.42 Å². The molecule has 1 heterocycles. The van der Waals surface area contributed by atoms with Crippen LogP contribution in [0.2, 0.25) is 0 Å². The van der Waals surface area contributed by atoms with Crippen molar-refractivity contribution < 1.29 is 21.6 Å². The molecule has 0 radical (unpaired) electrons. The van der Waals surface area contributed by atoms with Gasteiger partial charge in [-0.05, 0) is 5.16 Å². The minimum Gasteiger partial charge on any atom is -0.466 e. The molecule has 0 saturated heterocycles. The van der Waals surface area contributed by atoms with Crippen molar-refractivity contribution in [2.45, 2.75) is 0 Å². The Balaban J connectivity index is 2.83. The van der Waals surface area contributed by atoms with Gasteiger partial charge < -0.3 is 9.64 Å². The molecule has 12 heavy (non-hydrogen) atoms. The molecule has 0 N–H and O–H groups in total. The van der Waals surface area contributed by atoms with Gasteiger partial charge in [0.1, 0.15) is 6.73 Å². The van der Waals surface area contributed by atoms with Crippen LogP contribution in [0.1, 0.15) is 0 Å². The van der Waals surface area contributed by atoms with Crippen molar-refractivity contribution >= 4 is 16.4 Å². The molecule has 70 valence electrons. The molecule has 8 heteroatoms. The van der Waals surface area contributed by atoms with Crippen LogP contribution < -0.4 is 0 Å². The second-order valence-electron chi connectivity index (χ2n) is 2.01. The molecule has 0 aromatic carbocycles. The Kier molecular flexibility index (Phi) is 2.38. The van der Waals surface area contributed by atoms with E-state index in [2.05, 4.69) is 18.4 Å². The summed E-state index contributed by atoms with van der Waals surface area (Å²) < 4.78 is 34.3. The Morgan fingerprint density at radius 1 is 1.67 bits per heavy atom. The van der Waals surface area contributed by atoms with E-state index in [0.29, 0.717) is 0 Å². The van der Waals surface area contributed by atoms with Crippen LogP contribution in [0.3, 0.4) is 0 Å². The van der Waals surface area contributed by atoms with E-state index in [1.165, 1.54) is 12.0 Å². The zero-order valence-corrected chi connectivity index (χ0v) is 7.37. The average Bonchev–Trinajstić information content (AvgIpc) is 2.13. The number of ether oxygens (including phenoxy) is 1.